The van der Waals surface area contributed by atoms with Crippen molar-refractivity contribution in [1.82, 2.24) is 14.9 Å². The Morgan fingerprint density at radius 2 is 2.00 bits per heavy atom. The average molecular weight is 629 g/mol. The summed E-state index contributed by atoms with van der Waals surface area (Å²) < 4.78 is 14.7. The van der Waals surface area contributed by atoms with E-state index < -0.39 is 30.3 Å². The summed E-state index contributed by atoms with van der Waals surface area (Å²) >= 11 is 6.63. The summed E-state index contributed by atoms with van der Waals surface area (Å²) in [6.07, 6.45) is 7.27. The Bertz CT molecular complexity index is 1720. The van der Waals surface area contributed by atoms with Gasteiger partial charge in [-0.25, -0.2) is 4.98 Å². The number of hydrogen-bond acceptors (Lipinski definition) is 6. The maximum atomic E-state index is 14.1. The number of nitrogens with two attached hydrogens (primary N) is 1. The second-order valence-electron chi connectivity index (χ2n) is 14.3. The van der Waals surface area contributed by atoms with Crippen molar-refractivity contribution in [2.24, 2.45) is 17.3 Å². The first-order valence-corrected chi connectivity index (χ1v) is 16.7. The minimum Gasteiger partial charge on any atom is -0.404 e. The van der Waals surface area contributed by atoms with Gasteiger partial charge < -0.3 is 20.4 Å². The van der Waals surface area contributed by atoms with Crippen molar-refractivity contribution >= 4 is 41.2 Å². The molecular formula is C35H42BClN4O4. The fourth-order valence-corrected chi connectivity index (χ4v) is 9.34. The molecule has 1 saturated heterocycles. The summed E-state index contributed by atoms with van der Waals surface area (Å²) in [6, 6.07) is 14.0. The fraction of sp³-hybridized carbons (Fsp3) is 0.514. The highest BCUT2D eigenvalue weighted by Gasteiger charge is 2.68. The molecule has 0 radical (unpaired) electrons. The smallest absolute Gasteiger partial charge is 0.404 e. The van der Waals surface area contributed by atoms with Crippen LogP contribution in [0.3, 0.4) is 0 Å². The van der Waals surface area contributed by atoms with Crippen molar-refractivity contribution in [3.8, 4) is 0 Å². The Balaban J connectivity index is 1.09. The Morgan fingerprint density at radius 3 is 2.78 bits per heavy atom. The maximum Gasteiger partial charge on any atom is 0.482 e. The molecule has 2 aromatic carbocycles. The number of halogens is 1. The van der Waals surface area contributed by atoms with Crippen LogP contribution in [0.4, 0.5) is 5.82 Å². The SMILES string of the molecule is C=CC[C@H](NC(=O)[C@@H]1C[C@@H](CCCc2cccc3ccccc23)c2c(Cl)nc(N)c(=O)n21)B1OC2CC3CC(C3(C)C)[C@@]2(C)O1. The molecule has 0 spiro atoms. The first-order chi connectivity index (χ1) is 21.5. The molecule has 7 atom stereocenters. The van der Waals surface area contributed by atoms with Gasteiger partial charge in [0.2, 0.25) is 5.91 Å². The molecule has 2 bridgehead atoms. The lowest BCUT2D eigenvalue weighted by Gasteiger charge is -2.64. The van der Waals surface area contributed by atoms with Gasteiger partial charge in [0.25, 0.3) is 5.56 Å². The number of nitrogens with zero attached hydrogens (tertiary/aromatic N) is 2. The van der Waals surface area contributed by atoms with Crippen LogP contribution in [0.5, 0.6) is 0 Å². The Kier molecular flexibility index (Phi) is 7.65. The third kappa shape index (κ3) is 4.93. The van der Waals surface area contributed by atoms with Crippen LogP contribution in [-0.4, -0.2) is 40.2 Å². The summed E-state index contributed by atoms with van der Waals surface area (Å²) in [4.78, 5) is 31.6. The minimum atomic E-state index is -0.767. The van der Waals surface area contributed by atoms with Gasteiger partial charge in [-0.15, -0.1) is 6.58 Å². The standard InChI is InChI=1S/C35H42BClN4O4/c1-5-10-28(36-44-27-19-23-18-26(34(23,2)3)35(27,4)45-36)39-32(42)25-17-22(29-30(37)40-31(38)33(43)41(25)29)15-9-14-21-13-8-12-20-11-6-7-16-24(20)21/h5-8,11-13,16,22-23,25-28H,1,9-10,14-15,17-19H2,2-4H3,(H2,38,40)(H,39,42)/t22-,23?,25+,26?,27?,28+,35-/m1/s1. The fourth-order valence-electron chi connectivity index (χ4n) is 9.00. The second-order valence-corrected chi connectivity index (χ2v) is 14.7. The lowest BCUT2D eigenvalue weighted by Crippen LogP contribution is -2.65. The van der Waals surface area contributed by atoms with Gasteiger partial charge in [0.05, 0.1) is 23.3 Å². The molecule has 3 aromatic rings. The molecule has 8 rings (SSSR count). The van der Waals surface area contributed by atoms with E-state index in [0.29, 0.717) is 30.4 Å². The Hall–Kier alpha value is -3.14. The van der Waals surface area contributed by atoms with Crippen LogP contribution in [0.15, 0.2) is 59.9 Å². The monoisotopic (exact) mass is 628 g/mol. The molecule has 3 N–H and O–H groups in total. The van der Waals surface area contributed by atoms with Gasteiger partial charge in [-0.3, -0.25) is 14.2 Å². The number of nitrogens with one attached hydrogen (secondary N) is 1. The van der Waals surface area contributed by atoms with E-state index in [9.17, 15) is 9.59 Å². The second kappa shape index (κ2) is 11.3. The number of carbonyl (C=O) groups excluding carboxylic acids is 1. The summed E-state index contributed by atoms with van der Waals surface area (Å²) in [5.74, 6) is -0.0134. The van der Waals surface area contributed by atoms with Crippen molar-refractivity contribution in [1.29, 1.82) is 0 Å². The van der Waals surface area contributed by atoms with Gasteiger partial charge in [0.1, 0.15) is 6.04 Å². The number of fused-ring (bicyclic) bond motifs is 2. The molecule has 236 valence electrons. The number of amides is 1. The summed E-state index contributed by atoms with van der Waals surface area (Å²) in [6.45, 7) is 10.8. The van der Waals surface area contributed by atoms with Crippen LogP contribution < -0.4 is 16.6 Å². The van der Waals surface area contributed by atoms with Gasteiger partial charge in [0.15, 0.2) is 11.0 Å². The number of aryl methyl sites for hydroxylation is 1. The Labute approximate surface area is 269 Å². The number of nitrogen functional groups attached to an aromatic ring is 1. The van der Waals surface area contributed by atoms with E-state index in [-0.39, 0.29) is 34.3 Å². The molecule has 5 aliphatic rings. The highest BCUT2D eigenvalue weighted by atomic mass is 35.5. The lowest BCUT2D eigenvalue weighted by atomic mass is 9.43. The van der Waals surface area contributed by atoms with Gasteiger partial charge >= 0.3 is 7.12 Å². The molecule has 3 saturated carbocycles. The number of hydrogen-bond donors (Lipinski definition) is 2. The highest BCUT2D eigenvalue weighted by Crippen LogP contribution is 2.65. The van der Waals surface area contributed by atoms with Crippen LogP contribution in [0.25, 0.3) is 10.8 Å². The molecule has 8 nitrogen and oxygen atoms in total. The highest BCUT2D eigenvalue weighted by molar-refractivity contribution is 6.48. The largest absolute Gasteiger partial charge is 0.482 e. The quantitative estimate of drug-likeness (QED) is 0.222. The molecule has 45 heavy (non-hydrogen) atoms. The van der Waals surface area contributed by atoms with Gasteiger partial charge in [-0.1, -0.05) is 74.0 Å². The van der Waals surface area contributed by atoms with Crippen molar-refractivity contribution in [2.45, 2.75) is 95.3 Å². The topological polar surface area (TPSA) is 108 Å². The molecule has 4 fully saturated rings. The molecular weight excluding hydrogens is 587 g/mol. The zero-order valence-corrected chi connectivity index (χ0v) is 27.1. The van der Waals surface area contributed by atoms with Crippen molar-refractivity contribution < 1.29 is 14.1 Å². The van der Waals surface area contributed by atoms with Crippen LogP contribution in [0, 0.1) is 17.3 Å². The Morgan fingerprint density at radius 1 is 1.22 bits per heavy atom. The van der Waals surface area contributed by atoms with Crippen molar-refractivity contribution in [3.05, 3.63) is 81.9 Å². The van der Waals surface area contributed by atoms with Gasteiger partial charge in [0, 0.05) is 5.92 Å². The summed E-state index contributed by atoms with van der Waals surface area (Å²) in [7, 11) is -0.600. The van der Waals surface area contributed by atoms with Crippen LogP contribution in [-0.2, 0) is 20.5 Å². The van der Waals surface area contributed by atoms with Crippen LogP contribution >= 0.6 is 11.6 Å². The van der Waals surface area contributed by atoms with Crippen molar-refractivity contribution in [2.75, 3.05) is 5.73 Å². The molecule has 10 heteroatoms. The van der Waals surface area contributed by atoms with E-state index in [0.717, 1.165) is 32.1 Å². The lowest BCUT2D eigenvalue weighted by molar-refractivity contribution is -0.199. The number of benzene rings is 2. The van der Waals surface area contributed by atoms with Crippen LogP contribution in [0.1, 0.15) is 82.5 Å². The van der Waals surface area contributed by atoms with Gasteiger partial charge in [-0.05, 0) is 85.5 Å². The number of anilines is 1. The average Bonchev–Trinajstić information content (AvgIpc) is 3.58. The zero-order chi connectivity index (χ0) is 31.7. The molecule has 2 aliphatic heterocycles. The van der Waals surface area contributed by atoms with E-state index in [2.05, 4.69) is 74.0 Å². The number of aromatic nitrogens is 2. The van der Waals surface area contributed by atoms with Crippen molar-refractivity contribution in [3.63, 3.8) is 0 Å². The normalized spacial score (nSPS) is 30.0. The molecule has 3 unspecified atom stereocenters. The number of carbonyl (C=O) groups is 1. The third-order valence-corrected chi connectivity index (χ3v) is 11.8. The number of rotatable bonds is 9. The van der Waals surface area contributed by atoms with E-state index in [1.165, 1.54) is 20.9 Å². The van der Waals surface area contributed by atoms with E-state index in [4.69, 9.17) is 26.6 Å². The first-order valence-electron chi connectivity index (χ1n) is 16.3. The van der Waals surface area contributed by atoms with Crippen LogP contribution in [0.2, 0.25) is 5.15 Å². The molecule has 3 heterocycles. The van der Waals surface area contributed by atoms with E-state index >= 15 is 0 Å². The first kappa shape index (κ1) is 30.5. The molecule has 1 aromatic heterocycles. The summed E-state index contributed by atoms with van der Waals surface area (Å²) in [5.41, 5.74) is 7.18. The molecule has 1 amide bonds. The summed E-state index contributed by atoms with van der Waals surface area (Å²) in [5, 5.41) is 5.82. The molecule has 3 aliphatic carbocycles. The maximum absolute atomic E-state index is 14.1. The van der Waals surface area contributed by atoms with Gasteiger partial charge in [-0.2, -0.15) is 0 Å². The minimum absolute atomic E-state index is 0.00545. The third-order valence-electron chi connectivity index (χ3n) is 11.6. The van der Waals surface area contributed by atoms with E-state index in [1.807, 2.05) is 6.07 Å². The zero-order valence-electron chi connectivity index (χ0n) is 26.3. The predicted molar refractivity (Wildman–Crippen MR) is 178 cm³/mol. The van der Waals surface area contributed by atoms with E-state index in [1.54, 1.807) is 6.08 Å². The predicted octanol–water partition coefficient (Wildman–Crippen LogP) is 6.01.